The lowest BCUT2D eigenvalue weighted by molar-refractivity contribution is -0.131. The number of rotatable bonds is 8. The van der Waals surface area contributed by atoms with Crippen molar-refractivity contribution >= 4 is 17.6 Å². The smallest absolute Gasteiger partial charge is 0.268 e. The van der Waals surface area contributed by atoms with E-state index in [1.54, 1.807) is 13.8 Å². The Morgan fingerprint density at radius 1 is 1.25 bits per heavy atom. The van der Waals surface area contributed by atoms with Crippen LogP contribution in [-0.2, 0) is 14.3 Å². The number of carbonyl (C=O) groups is 3. The number of Topliss-reactive ketones (excluding diaryl/α,β-unsaturated/α-hetero) is 1. The van der Waals surface area contributed by atoms with E-state index >= 15 is 0 Å². The monoisotopic (exact) mass is 389 g/mol. The van der Waals surface area contributed by atoms with Crippen molar-refractivity contribution in [1.82, 2.24) is 15.6 Å². The van der Waals surface area contributed by atoms with Gasteiger partial charge in [0.15, 0.2) is 5.78 Å². The van der Waals surface area contributed by atoms with Gasteiger partial charge in [0, 0.05) is 6.07 Å². The topological polar surface area (TPSA) is 121 Å². The summed E-state index contributed by atoms with van der Waals surface area (Å²) in [5.41, 5.74) is -1.14. The molecular formula is C20H27N3O5. The van der Waals surface area contributed by atoms with E-state index in [-0.39, 0.29) is 11.5 Å². The number of aromatic nitrogens is 1. The summed E-state index contributed by atoms with van der Waals surface area (Å²) in [6.45, 7) is 3.65. The second-order valence-electron chi connectivity index (χ2n) is 7.95. The van der Waals surface area contributed by atoms with E-state index in [0.29, 0.717) is 18.9 Å². The van der Waals surface area contributed by atoms with Crippen molar-refractivity contribution in [1.29, 1.82) is 0 Å². The molecule has 1 saturated heterocycles. The van der Waals surface area contributed by atoms with Crippen molar-refractivity contribution in [2.24, 2.45) is 5.92 Å². The molecule has 2 amide bonds. The summed E-state index contributed by atoms with van der Waals surface area (Å²) < 4.78 is 5.27. The molecule has 3 atom stereocenters. The number of ketones is 1. The third kappa shape index (κ3) is 4.86. The van der Waals surface area contributed by atoms with Gasteiger partial charge in [0.2, 0.25) is 11.5 Å². The number of amides is 2. The van der Waals surface area contributed by atoms with Crippen LogP contribution in [0, 0.1) is 5.92 Å². The molecule has 8 heteroatoms. The second-order valence-corrected chi connectivity index (χ2v) is 7.95. The number of hydrogen-bond donors (Lipinski definition) is 3. The molecule has 1 aromatic rings. The molecule has 2 heterocycles. The van der Waals surface area contributed by atoms with Gasteiger partial charge < -0.3 is 20.4 Å². The quantitative estimate of drug-likeness (QED) is 0.571. The maximum Gasteiger partial charge on any atom is 0.268 e. The Labute approximate surface area is 163 Å². The van der Waals surface area contributed by atoms with Crippen LogP contribution >= 0.6 is 0 Å². The Kier molecular flexibility index (Phi) is 5.98. The Bertz CT molecular complexity index is 808. The van der Waals surface area contributed by atoms with Crippen molar-refractivity contribution in [2.75, 3.05) is 6.61 Å². The molecule has 2 aliphatic rings. The molecule has 3 rings (SSSR count). The van der Waals surface area contributed by atoms with Crippen LogP contribution in [0.25, 0.3) is 0 Å². The Balaban J connectivity index is 1.62. The van der Waals surface area contributed by atoms with Crippen LogP contribution in [0.2, 0.25) is 0 Å². The maximum atomic E-state index is 12.8. The molecule has 8 nitrogen and oxygen atoms in total. The molecule has 0 unspecified atom stereocenters. The van der Waals surface area contributed by atoms with E-state index in [1.807, 2.05) is 0 Å². The minimum absolute atomic E-state index is 0.0737. The number of H-pyrrole nitrogens is 1. The van der Waals surface area contributed by atoms with Gasteiger partial charge in [0.05, 0.1) is 12.6 Å². The van der Waals surface area contributed by atoms with Crippen LogP contribution in [-0.4, -0.2) is 46.9 Å². The summed E-state index contributed by atoms with van der Waals surface area (Å²) in [7, 11) is 0. The standard InChI is InChI=1S/C20H27N3O5/c1-12(21-19(27)14-8-5-9-16(24)22-14)18(26)23-15(10-13-6-3-4-7-13)17(25)20(2)11-28-20/h5,8-9,12-13,15H,3-4,6-7,10-11H2,1-2H3,(H,21,27)(H,22,24)(H,23,26)/t12-,15-,20+/m0/s1. The summed E-state index contributed by atoms with van der Waals surface area (Å²) >= 11 is 0. The van der Waals surface area contributed by atoms with Crippen LogP contribution in [0.5, 0.6) is 0 Å². The summed E-state index contributed by atoms with van der Waals surface area (Å²) in [5.74, 6) is -0.696. The molecule has 1 aliphatic heterocycles. The molecule has 1 aliphatic carbocycles. The number of hydrogen-bond acceptors (Lipinski definition) is 5. The SMILES string of the molecule is C[C@H](NC(=O)c1cccc(=O)[nH]1)C(=O)N[C@@H](CC1CCCC1)C(=O)[C@@]1(C)CO1. The molecule has 0 aromatic carbocycles. The van der Waals surface area contributed by atoms with Crippen LogP contribution < -0.4 is 16.2 Å². The Morgan fingerprint density at radius 2 is 1.93 bits per heavy atom. The van der Waals surface area contributed by atoms with Crippen LogP contribution in [0.4, 0.5) is 0 Å². The van der Waals surface area contributed by atoms with Crippen LogP contribution in [0.15, 0.2) is 23.0 Å². The average molecular weight is 389 g/mol. The highest BCUT2D eigenvalue weighted by Crippen LogP contribution is 2.33. The zero-order chi connectivity index (χ0) is 20.3. The Morgan fingerprint density at radius 3 is 2.54 bits per heavy atom. The lowest BCUT2D eigenvalue weighted by Crippen LogP contribution is -2.53. The van der Waals surface area contributed by atoms with Gasteiger partial charge in [0.25, 0.3) is 5.91 Å². The fourth-order valence-electron chi connectivity index (χ4n) is 3.65. The van der Waals surface area contributed by atoms with E-state index in [0.717, 1.165) is 25.7 Å². The third-order valence-corrected chi connectivity index (χ3v) is 5.53. The van der Waals surface area contributed by atoms with Crippen molar-refractivity contribution in [3.05, 3.63) is 34.2 Å². The van der Waals surface area contributed by atoms with Crippen molar-refractivity contribution in [3.8, 4) is 0 Å². The van der Waals surface area contributed by atoms with E-state index in [4.69, 9.17) is 4.74 Å². The first-order chi connectivity index (χ1) is 13.3. The summed E-state index contributed by atoms with van der Waals surface area (Å²) in [4.78, 5) is 51.4. The van der Waals surface area contributed by atoms with Gasteiger partial charge in [-0.15, -0.1) is 0 Å². The van der Waals surface area contributed by atoms with Crippen molar-refractivity contribution in [2.45, 2.75) is 63.6 Å². The van der Waals surface area contributed by atoms with E-state index < -0.39 is 35.1 Å². The average Bonchev–Trinajstić information content (AvgIpc) is 3.20. The van der Waals surface area contributed by atoms with Crippen molar-refractivity contribution in [3.63, 3.8) is 0 Å². The largest absolute Gasteiger partial charge is 0.361 e. The first-order valence-corrected chi connectivity index (χ1v) is 9.77. The van der Waals surface area contributed by atoms with Gasteiger partial charge in [-0.2, -0.15) is 0 Å². The Hall–Kier alpha value is -2.48. The fraction of sp³-hybridized carbons (Fsp3) is 0.600. The van der Waals surface area contributed by atoms with Gasteiger partial charge in [0.1, 0.15) is 17.3 Å². The van der Waals surface area contributed by atoms with E-state index in [9.17, 15) is 19.2 Å². The predicted molar refractivity (Wildman–Crippen MR) is 102 cm³/mol. The zero-order valence-corrected chi connectivity index (χ0v) is 16.2. The number of nitrogens with one attached hydrogen (secondary N) is 3. The fourth-order valence-corrected chi connectivity index (χ4v) is 3.65. The summed E-state index contributed by atoms with van der Waals surface area (Å²) in [6, 6.07) is 2.73. The predicted octanol–water partition coefficient (Wildman–Crippen LogP) is 0.916. The van der Waals surface area contributed by atoms with Gasteiger partial charge in [-0.3, -0.25) is 19.2 Å². The molecule has 3 N–H and O–H groups in total. The van der Waals surface area contributed by atoms with Gasteiger partial charge in [-0.25, -0.2) is 0 Å². The number of pyridine rings is 1. The highest BCUT2D eigenvalue weighted by Gasteiger charge is 2.50. The van der Waals surface area contributed by atoms with Gasteiger partial charge in [-0.1, -0.05) is 31.7 Å². The zero-order valence-electron chi connectivity index (χ0n) is 16.2. The van der Waals surface area contributed by atoms with Crippen LogP contribution in [0.3, 0.4) is 0 Å². The van der Waals surface area contributed by atoms with Gasteiger partial charge in [-0.05, 0) is 32.3 Å². The summed E-state index contributed by atoms with van der Waals surface area (Å²) in [6.07, 6.45) is 5.01. The minimum atomic E-state index is -0.858. The van der Waals surface area contributed by atoms with Crippen molar-refractivity contribution < 1.29 is 19.1 Å². The lowest BCUT2D eigenvalue weighted by Gasteiger charge is -2.24. The highest BCUT2D eigenvalue weighted by molar-refractivity contribution is 5.99. The minimum Gasteiger partial charge on any atom is -0.361 e. The maximum absolute atomic E-state index is 12.8. The van der Waals surface area contributed by atoms with E-state index in [1.165, 1.54) is 18.2 Å². The third-order valence-electron chi connectivity index (χ3n) is 5.53. The highest BCUT2D eigenvalue weighted by atomic mass is 16.6. The van der Waals surface area contributed by atoms with Gasteiger partial charge >= 0.3 is 0 Å². The number of aromatic amines is 1. The molecule has 0 spiro atoms. The molecule has 1 saturated carbocycles. The first-order valence-electron chi connectivity index (χ1n) is 9.77. The molecule has 0 bridgehead atoms. The number of epoxide rings is 1. The first kappa shape index (κ1) is 20.3. The van der Waals surface area contributed by atoms with E-state index in [2.05, 4.69) is 15.6 Å². The molecule has 0 radical (unpaired) electrons. The van der Waals surface area contributed by atoms with Crippen LogP contribution in [0.1, 0.15) is 56.4 Å². The molecular weight excluding hydrogens is 362 g/mol. The lowest BCUT2D eigenvalue weighted by atomic mass is 9.91. The second kappa shape index (κ2) is 8.26. The number of ether oxygens (including phenoxy) is 1. The molecule has 28 heavy (non-hydrogen) atoms. The molecule has 2 fully saturated rings. The number of carbonyl (C=O) groups excluding carboxylic acids is 3. The summed E-state index contributed by atoms with van der Waals surface area (Å²) in [5, 5.41) is 5.35. The molecule has 152 valence electrons. The normalized spacial score (nSPS) is 23.6. The molecule has 1 aromatic heterocycles.